The molecule has 0 amide bonds. The van der Waals surface area contributed by atoms with Gasteiger partial charge < -0.3 is 4.79 Å². The van der Waals surface area contributed by atoms with E-state index in [1.54, 1.807) is 11.6 Å². The van der Waals surface area contributed by atoms with Crippen molar-refractivity contribution in [2.75, 3.05) is 0 Å². The van der Waals surface area contributed by atoms with Crippen LogP contribution >= 0.6 is 0 Å². The van der Waals surface area contributed by atoms with Crippen LogP contribution in [-0.4, -0.2) is 20.8 Å². The highest BCUT2D eigenvalue weighted by Crippen LogP contribution is 2.17. The van der Waals surface area contributed by atoms with Crippen molar-refractivity contribution in [3.63, 3.8) is 0 Å². The zero-order valence-corrected chi connectivity index (χ0v) is 12.2. The molecule has 1 aromatic heterocycles. The largest absolute Gasteiger partial charge is 0.300 e. The van der Waals surface area contributed by atoms with Crippen LogP contribution in [0.1, 0.15) is 38.7 Å². The molecule has 0 radical (unpaired) electrons. The maximum Gasteiger partial charge on any atom is 0.129 e. The molecule has 4 nitrogen and oxygen atoms in total. The Labute approximate surface area is 119 Å². The van der Waals surface area contributed by atoms with Crippen molar-refractivity contribution in [2.45, 2.75) is 46.1 Å². The average molecular weight is 271 g/mol. The Hall–Kier alpha value is -1.97. The summed E-state index contributed by atoms with van der Waals surface area (Å²) in [6.07, 6.45) is 5.62. The van der Waals surface area contributed by atoms with Crippen molar-refractivity contribution in [1.82, 2.24) is 15.0 Å². The van der Waals surface area contributed by atoms with Crippen molar-refractivity contribution in [2.24, 2.45) is 0 Å². The summed E-state index contributed by atoms with van der Waals surface area (Å²) in [6, 6.07) is 8.48. The number of hydrogen-bond acceptors (Lipinski definition) is 3. The van der Waals surface area contributed by atoms with Gasteiger partial charge in [0, 0.05) is 18.5 Å². The minimum absolute atomic E-state index is 0.219. The van der Waals surface area contributed by atoms with Crippen molar-refractivity contribution < 1.29 is 4.79 Å². The third-order valence-electron chi connectivity index (χ3n) is 3.24. The molecule has 0 fully saturated rings. The Bertz CT molecular complexity index is 557. The normalized spacial score (nSPS) is 10.7. The molecule has 0 saturated heterocycles. The molecule has 1 aromatic carbocycles. The molecule has 2 rings (SSSR count). The number of aromatic nitrogens is 3. The van der Waals surface area contributed by atoms with Crippen molar-refractivity contribution in [3.05, 3.63) is 36.0 Å². The lowest BCUT2D eigenvalue weighted by Gasteiger charge is -2.00. The van der Waals surface area contributed by atoms with Crippen LogP contribution in [0.2, 0.25) is 0 Å². The maximum absolute atomic E-state index is 10.9. The molecule has 2 aromatic rings. The zero-order chi connectivity index (χ0) is 14.4. The number of carbonyl (C=O) groups excluding carboxylic acids is 1. The van der Waals surface area contributed by atoms with Crippen LogP contribution in [0.5, 0.6) is 0 Å². The Balaban J connectivity index is 1.98. The Kier molecular flexibility index (Phi) is 5.04. The molecule has 0 aliphatic carbocycles. The van der Waals surface area contributed by atoms with E-state index in [1.165, 1.54) is 5.56 Å². The van der Waals surface area contributed by atoms with Gasteiger partial charge in [0.1, 0.15) is 11.5 Å². The summed E-state index contributed by atoms with van der Waals surface area (Å²) in [5, 5.41) is 8.29. The first-order valence-corrected chi connectivity index (χ1v) is 7.18. The van der Waals surface area contributed by atoms with Gasteiger partial charge >= 0.3 is 0 Å². The fraction of sp³-hybridized carbons (Fsp3) is 0.438. The zero-order valence-electron chi connectivity index (χ0n) is 12.2. The molecule has 0 spiro atoms. The minimum Gasteiger partial charge on any atom is -0.300 e. The molecule has 0 N–H and O–H groups in total. The van der Waals surface area contributed by atoms with Gasteiger partial charge in [0.25, 0.3) is 0 Å². The van der Waals surface area contributed by atoms with Gasteiger partial charge in [-0.05, 0) is 25.3 Å². The van der Waals surface area contributed by atoms with Crippen LogP contribution in [-0.2, 0) is 17.8 Å². The molecule has 0 unspecified atom stereocenters. The number of benzene rings is 1. The quantitative estimate of drug-likeness (QED) is 0.776. The van der Waals surface area contributed by atoms with Gasteiger partial charge in [-0.3, -0.25) is 4.68 Å². The van der Waals surface area contributed by atoms with Crippen LogP contribution in [0.3, 0.4) is 0 Å². The molecule has 0 aliphatic heterocycles. The molecule has 106 valence electrons. The topological polar surface area (TPSA) is 47.8 Å². The smallest absolute Gasteiger partial charge is 0.129 e. The second kappa shape index (κ2) is 6.98. The Morgan fingerprint density at radius 1 is 1.25 bits per heavy atom. The molecule has 4 heteroatoms. The van der Waals surface area contributed by atoms with Gasteiger partial charge in [0.15, 0.2) is 0 Å². The molecule has 0 aliphatic rings. The van der Waals surface area contributed by atoms with Crippen LogP contribution < -0.4 is 0 Å². The molecule has 0 bridgehead atoms. The third-order valence-corrected chi connectivity index (χ3v) is 3.24. The number of Topliss-reactive ketones (excluding diaryl/α,β-unsaturated/α-hetero) is 1. The highest BCUT2D eigenvalue weighted by Gasteiger charge is 2.04. The number of aryl methyl sites for hydroxylation is 2. The summed E-state index contributed by atoms with van der Waals surface area (Å²) in [6.45, 7) is 4.53. The van der Waals surface area contributed by atoms with E-state index >= 15 is 0 Å². The van der Waals surface area contributed by atoms with Gasteiger partial charge in [0.05, 0.1) is 6.20 Å². The first kappa shape index (κ1) is 14.4. The van der Waals surface area contributed by atoms with Gasteiger partial charge in [-0.25, -0.2) is 0 Å². The summed E-state index contributed by atoms with van der Waals surface area (Å²) in [5.41, 5.74) is 3.32. The standard InChI is InChI=1S/C16H21N3O/c1-3-5-14-7-9-15(10-8-14)16-12-19(18-17-16)11-4-6-13(2)20/h7-10,12H,3-6,11H2,1-2H3. The van der Waals surface area contributed by atoms with E-state index in [9.17, 15) is 4.79 Å². The second-order valence-corrected chi connectivity index (χ2v) is 5.12. The molecular weight excluding hydrogens is 250 g/mol. The van der Waals surface area contributed by atoms with Crippen LogP contribution in [0.25, 0.3) is 11.3 Å². The first-order valence-electron chi connectivity index (χ1n) is 7.18. The van der Waals surface area contributed by atoms with E-state index in [0.29, 0.717) is 6.42 Å². The van der Waals surface area contributed by atoms with Crippen molar-refractivity contribution in [1.29, 1.82) is 0 Å². The van der Waals surface area contributed by atoms with Crippen LogP contribution in [0.15, 0.2) is 30.5 Å². The van der Waals surface area contributed by atoms with E-state index in [0.717, 1.165) is 37.1 Å². The Morgan fingerprint density at radius 2 is 2.00 bits per heavy atom. The Morgan fingerprint density at radius 3 is 2.65 bits per heavy atom. The van der Waals surface area contributed by atoms with E-state index in [1.807, 2.05) is 6.20 Å². The third kappa shape index (κ3) is 4.02. The summed E-state index contributed by atoms with van der Waals surface area (Å²) in [4.78, 5) is 10.9. The summed E-state index contributed by atoms with van der Waals surface area (Å²) >= 11 is 0. The average Bonchev–Trinajstić information content (AvgIpc) is 2.88. The number of hydrogen-bond donors (Lipinski definition) is 0. The highest BCUT2D eigenvalue weighted by molar-refractivity contribution is 5.75. The monoisotopic (exact) mass is 271 g/mol. The highest BCUT2D eigenvalue weighted by atomic mass is 16.1. The summed E-state index contributed by atoms with van der Waals surface area (Å²) in [5.74, 6) is 0.219. The molecule has 0 atom stereocenters. The number of rotatable bonds is 7. The van der Waals surface area contributed by atoms with Gasteiger partial charge in [-0.1, -0.05) is 42.8 Å². The lowest BCUT2D eigenvalue weighted by atomic mass is 10.1. The lowest BCUT2D eigenvalue weighted by Crippen LogP contribution is -2.01. The van der Waals surface area contributed by atoms with Crippen LogP contribution in [0, 0.1) is 0 Å². The van der Waals surface area contributed by atoms with Crippen LogP contribution in [0.4, 0.5) is 0 Å². The number of carbonyl (C=O) groups is 1. The van der Waals surface area contributed by atoms with E-state index in [2.05, 4.69) is 41.5 Å². The second-order valence-electron chi connectivity index (χ2n) is 5.12. The number of ketones is 1. The first-order chi connectivity index (χ1) is 9.69. The molecular formula is C16H21N3O. The van der Waals surface area contributed by atoms with Gasteiger partial charge in [0.2, 0.25) is 0 Å². The predicted octanol–water partition coefficient (Wildman–Crippen LogP) is 3.27. The fourth-order valence-electron chi connectivity index (χ4n) is 2.16. The lowest BCUT2D eigenvalue weighted by molar-refractivity contribution is -0.117. The SMILES string of the molecule is CCCc1ccc(-c2cn(CCCC(C)=O)nn2)cc1. The maximum atomic E-state index is 10.9. The van der Waals surface area contributed by atoms with Crippen molar-refractivity contribution >= 4 is 5.78 Å². The van der Waals surface area contributed by atoms with E-state index in [-0.39, 0.29) is 5.78 Å². The summed E-state index contributed by atoms with van der Waals surface area (Å²) < 4.78 is 1.80. The summed E-state index contributed by atoms with van der Waals surface area (Å²) in [7, 11) is 0. The van der Waals surface area contributed by atoms with E-state index < -0.39 is 0 Å². The molecule has 20 heavy (non-hydrogen) atoms. The van der Waals surface area contributed by atoms with Crippen molar-refractivity contribution in [3.8, 4) is 11.3 Å². The van der Waals surface area contributed by atoms with Gasteiger partial charge in [-0.2, -0.15) is 0 Å². The molecule has 0 saturated carbocycles. The number of nitrogens with zero attached hydrogens (tertiary/aromatic N) is 3. The van der Waals surface area contributed by atoms with Gasteiger partial charge in [-0.15, -0.1) is 5.10 Å². The van der Waals surface area contributed by atoms with E-state index in [4.69, 9.17) is 0 Å². The molecule has 1 heterocycles. The predicted molar refractivity (Wildman–Crippen MR) is 79.4 cm³/mol. The fourth-order valence-corrected chi connectivity index (χ4v) is 2.16. The minimum atomic E-state index is 0.219.